The van der Waals surface area contributed by atoms with Gasteiger partial charge in [-0.1, -0.05) is 25.8 Å². The summed E-state index contributed by atoms with van der Waals surface area (Å²) in [5.41, 5.74) is 0.738. The van der Waals surface area contributed by atoms with Crippen molar-refractivity contribution < 1.29 is 18.3 Å². The van der Waals surface area contributed by atoms with Crippen LogP contribution in [0.3, 0.4) is 0 Å². The smallest absolute Gasteiger partial charge is 0.311 e. The summed E-state index contributed by atoms with van der Waals surface area (Å²) in [7, 11) is 0. The SMILES string of the molecule is CCCC1CCC(c2ccc(OC(=O)CCCCF)cc2F)CC1. The fourth-order valence-corrected chi connectivity index (χ4v) is 3.62. The van der Waals surface area contributed by atoms with Gasteiger partial charge < -0.3 is 4.74 Å². The highest BCUT2D eigenvalue weighted by molar-refractivity contribution is 5.72. The molecule has 1 fully saturated rings. The number of hydrogen-bond acceptors (Lipinski definition) is 2. The summed E-state index contributed by atoms with van der Waals surface area (Å²) < 4.78 is 31.5. The second-order valence-electron chi connectivity index (χ2n) is 6.81. The number of alkyl halides is 1. The maximum absolute atomic E-state index is 14.4. The van der Waals surface area contributed by atoms with Crippen LogP contribution >= 0.6 is 0 Å². The summed E-state index contributed by atoms with van der Waals surface area (Å²) in [5.74, 6) is 0.575. The minimum Gasteiger partial charge on any atom is -0.426 e. The number of ether oxygens (including phenoxy) is 1. The molecule has 2 nitrogen and oxygen atoms in total. The topological polar surface area (TPSA) is 26.3 Å². The molecular weight excluding hydrogens is 310 g/mol. The van der Waals surface area contributed by atoms with Crippen molar-refractivity contribution in [2.24, 2.45) is 5.92 Å². The first-order valence-electron chi connectivity index (χ1n) is 9.20. The fraction of sp³-hybridized carbons (Fsp3) is 0.650. The lowest BCUT2D eigenvalue weighted by Gasteiger charge is -2.28. The van der Waals surface area contributed by atoms with Gasteiger partial charge in [-0.25, -0.2) is 4.39 Å². The standard InChI is InChI=1S/C20H28F2O2/c1-2-5-15-7-9-16(10-8-15)18-12-11-17(14-19(18)22)24-20(23)6-3-4-13-21/h11-12,14-16H,2-10,13H2,1H3. The molecule has 0 radical (unpaired) electrons. The van der Waals surface area contributed by atoms with Gasteiger partial charge in [0.05, 0.1) is 6.67 Å². The van der Waals surface area contributed by atoms with E-state index in [2.05, 4.69) is 6.92 Å². The lowest BCUT2D eigenvalue weighted by molar-refractivity contribution is -0.134. The summed E-state index contributed by atoms with van der Waals surface area (Å²) in [4.78, 5) is 11.6. The fourth-order valence-electron chi connectivity index (χ4n) is 3.62. The van der Waals surface area contributed by atoms with Gasteiger partial charge in [0.1, 0.15) is 11.6 Å². The minimum atomic E-state index is -0.435. The molecule has 0 saturated heterocycles. The van der Waals surface area contributed by atoms with Crippen molar-refractivity contribution in [2.75, 3.05) is 6.67 Å². The van der Waals surface area contributed by atoms with E-state index in [4.69, 9.17) is 4.74 Å². The third kappa shape index (κ3) is 5.57. The molecule has 24 heavy (non-hydrogen) atoms. The Labute approximate surface area is 143 Å². The monoisotopic (exact) mass is 338 g/mol. The molecule has 0 bridgehead atoms. The first-order chi connectivity index (χ1) is 11.6. The largest absolute Gasteiger partial charge is 0.426 e. The van der Waals surface area contributed by atoms with E-state index in [0.29, 0.717) is 12.8 Å². The molecule has 0 atom stereocenters. The second-order valence-corrected chi connectivity index (χ2v) is 6.81. The third-order valence-corrected chi connectivity index (χ3v) is 4.95. The van der Waals surface area contributed by atoms with Crippen LogP contribution in [0, 0.1) is 11.7 Å². The zero-order chi connectivity index (χ0) is 17.4. The van der Waals surface area contributed by atoms with Crippen LogP contribution in [0.4, 0.5) is 8.78 Å². The Morgan fingerprint density at radius 3 is 2.58 bits per heavy atom. The van der Waals surface area contributed by atoms with E-state index in [9.17, 15) is 13.6 Å². The maximum atomic E-state index is 14.4. The number of rotatable bonds is 8. The summed E-state index contributed by atoms with van der Waals surface area (Å²) >= 11 is 0. The van der Waals surface area contributed by atoms with Gasteiger partial charge in [-0.15, -0.1) is 0 Å². The van der Waals surface area contributed by atoms with Gasteiger partial charge in [-0.05, 0) is 62.0 Å². The Hall–Kier alpha value is -1.45. The van der Waals surface area contributed by atoms with Gasteiger partial charge in [0.2, 0.25) is 0 Å². The molecule has 4 heteroatoms. The Balaban J connectivity index is 1.89. The summed E-state index contributed by atoms with van der Waals surface area (Å²) in [6.45, 7) is 1.78. The van der Waals surface area contributed by atoms with Crippen LogP contribution < -0.4 is 4.74 Å². The van der Waals surface area contributed by atoms with E-state index in [1.165, 1.54) is 31.7 Å². The summed E-state index contributed by atoms with van der Waals surface area (Å²) in [5, 5.41) is 0. The van der Waals surface area contributed by atoms with Crippen molar-refractivity contribution in [2.45, 2.75) is 70.6 Å². The van der Waals surface area contributed by atoms with Crippen molar-refractivity contribution in [1.29, 1.82) is 0 Å². The average Bonchev–Trinajstić information content (AvgIpc) is 2.56. The van der Waals surface area contributed by atoms with Gasteiger partial charge in [0.25, 0.3) is 0 Å². The molecule has 1 saturated carbocycles. The van der Waals surface area contributed by atoms with Gasteiger partial charge in [0, 0.05) is 12.5 Å². The van der Waals surface area contributed by atoms with Crippen LogP contribution in [0.25, 0.3) is 0 Å². The second kappa shape index (κ2) is 9.75. The Bertz CT molecular complexity index is 522. The molecule has 0 aromatic heterocycles. The predicted octanol–water partition coefficient (Wildman–Crippen LogP) is 5.94. The molecule has 0 unspecified atom stereocenters. The highest BCUT2D eigenvalue weighted by atomic mass is 19.1. The lowest BCUT2D eigenvalue weighted by atomic mass is 9.77. The van der Waals surface area contributed by atoms with E-state index >= 15 is 0 Å². The normalized spacial score (nSPS) is 20.8. The third-order valence-electron chi connectivity index (χ3n) is 4.95. The minimum absolute atomic E-state index is 0.161. The first kappa shape index (κ1) is 18.9. The molecule has 2 rings (SSSR count). The summed E-state index contributed by atoms with van der Waals surface area (Å²) in [6.07, 6.45) is 7.86. The number of benzene rings is 1. The number of halogens is 2. The molecule has 1 aromatic carbocycles. The van der Waals surface area contributed by atoms with Crippen molar-refractivity contribution >= 4 is 5.97 Å². The Morgan fingerprint density at radius 1 is 1.21 bits per heavy atom. The van der Waals surface area contributed by atoms with Crippen LogP contribution in [0.1, 0.15) is 76.2 Å². The van der Waals surface area contributed by atoms with Crippen LogP contribution in [0.2, 0.25) is 0 Å². The van der Waals surface area contributed by atoms with Crippen LogP contribution in [0.15, 0.2) is 18.2 Å². The van der Waals surface area contributed by atoms with Gasteiger partial charge in [-0.2, -0.15) is 0 Å². The molecule has 1 aliphatic carbocycles. The zero-order valence-corrected chi connectivity index (χ0v) is 14.5. The summed E-state index contributed by atoms with van der Waals surface area (Å²) in [6, 6.07) is 4.73. The number of esters is 1. The predicted molar refractivity (Wildman–Crippen MR) is 91.5 cm³/mol. The van der Waals surface area contributed by atoms with Crippen molar-refractivity contribution in [3.05, 3.63) is 29.6 Å². The number of hydrogen-bond donors (Lipinski definition) is 0. The molecule has 0 heterocycles. The zero-order valence-electron chi connectivity index (χ0n) is 14.5. The van der Waals surface area contributed by atoms with Crippen molar-refractivity contribution in [1.82, 2.24) is 0 Å². The van der Waals surface area contributed by atoms with Gasteiger partial charge in [-0.3, -0.25) is 9.18 Å². The van der Waals surface area contributed by atoms with E-state index in [1.54, 1.807) is 12.1 Å². The number of carbonyl (C=O) groups is 1. The van der Waals surface area contributed by atoms with E-state index in [0.717, 1.165) is 24.3 Å². The van der Waals surface area contributed by atoms with E-state index in [-0.39, 0.29) is 23.9 Å². The van der Waals surface area contributed by atoms with Crippen LogP contribution in [0.5, 0.6) is 5.75 Å². The van der Waals surface area contributed by atoms with E-state index < -0.39 is 12.6 Å². The Kier molecular flexibility index (Phi) is 7.67. The average molecular weight is 338 g/mol. The van der Waals surface area contributed by atoms with E-state index in [1.807, 2.05) is 0 Å². The maximum Gasteiger partial charge on any atom is 0.311 e. The molecule has 0 amide bonds. The Morgan fingerprint density at radius 2 is 1.96 bits per heavy atom. The molecule has 0 aliphatic heterocycles. The lowest BCUT2D eigenvalue weighted by Crippen LogP contribution is -2.14. The highest BCUT2D eigenvalue weighted by Crippen LogP contribution is 2.39. The van der Waals surface area contributed by atoms with Crippen LogP contribution in [-0.4, -0.2) is 12.6 Å². The number of carbonyl (C=O) groups excluding carboxylic acids is 1. The molecule has 1 aliphatic rings. The molecule has 0 N–H and O–H groups in total. The molecule has 1 aromatic rings. The van der Waals surface area contributed by atoms with Crippen molar-refractivity contribution in [3.8, 4) is 5.75 Å². The quantitative estimate of drug-likeness (QED) is 0.333. The first-order valence-corrected chi connectivity index (χ1v) is 9.20. The van der Waals surface area contributed by atoms with Crippen molar-refractivity contribution in [3.63, 3.8) is 0 Å². The van der Waals surface area contributed by atoms with Crippen LogP contribution in [-0.2, 0) is 4.79 Å². The highest BCUT2D eigenvalue weighted by Gasteiger charge is 2.24. The molecular formula is C20H28F2O2. The number of unbranched alkanes of at least 4 members (excludes halogenated alkanes) is 1. The van der Waals surface area contributed by atoms with Gasteiger partial charge in [0.15, 0.2) is 0 Å². The van der Waals surface area contributed by atoms with Gasteiger partial charge >= 0.3 is 5.97 Å². The molecule has 0 spiro atoms. The molecule has 134 valence electrons.